The van der Waals surface area contributed by atoms with Crippen LogP contribution in [0.15, 0.2) is 69.7 Å². The van der Waals surface area contributed by atoms with E-state index in [-0.39, 0.29) is 24.1 Å². The second-order valence-electron chi connectivity index (χ2n) is 6.83. The van der Waals surface area contributed by atoms with Crippen LogP contribution in [-0.4, -0.2) is 33.1 Å². The summed E-state index contributed by atoms with van der Waals surface area (Å²) in [5.74, 6) is -0.953. The summed E-state index contributed by atoms with van der Waals surface area (Å²) in [6.45, 7) is -0.219. The first-order valence-electron chi connectivity index (χ1n) is 9.57. The standard InChI is InChI=1S/C22H18N4O5S/c1-31-21(29)14-6-8-15(9-7-14)24-18(27)13-25-17-5-2-10-23-19(17)20(28)26(22(25)30)12-16-4-3-11-32-16/h2-11H,12-13H2,1H3,(H,24,27). The van der Waals surface area contributed by atoms with Crippen LogP contribution in [0.3, 0.4) is 0 Å². The van der Waals surface area contributed by atoms with Crippen LogP contribution in [0.1, 0.15) is 15.2 Å². The van der Waals surface area contributed by atoms with Crippen molar-refractivity contribution < 1.29 is 14.3 Å². The molecule has 4 aromatic rings. The minimum Gasteiger partial charge on any atom is -0.465 e. The molecule has 0 radical (unpaired) electrons. The summed E-state index contributed by atoms with van der Waals surface area (Å²) in [6, 6.07) is 13.0. The van der Waals surface area contributed by atoms with Crippen molar-refractivity contribution in [1.29, 1.82) is 0 Å². The van der Waals surface area contributed by atoms with E-state index in [1.165, 1.54) is 41.3 Å². The highest BCUT2D eigenvalue weighted by molar-refractivity contribution is 7.09. The highest BCUT2D eigenvalue weighted by atomic mass is 32.1. The zero-order valence-electron chi connectivity index (χ0n) is 17.0. The fourth-order valence-corrected chi connectivity index (χ4v) is 3.94. The van der Waals surface area contributed by atoms with E-state index in [9.17, 15) is 19.2 Å². The molecule has 0 saturated heterocycles. The number of hydrogen-bond acceptors (Lipinski definition) is 7. The molecule has 3 aromatic heterocycles. The maximum Gasteiger partial charge on any atom is 0.337 e. The lowest BCUT2D eigenvalue weighted by atomic mass is 10.2. The molecule has 0 aliphatic rings. The van der Waals surface area contributed by atoms with Crippen LogP contribution < -0.4 is 16.6 Å². The van der Waals surface area contributed by atoms with Crippen molar-refractivity contribution in [3.05, 3.63) is 91.4 Å². The molecule has 10 heteroatoms. The highest BCUT2D eigenvalue weighted by Gasteiger charge is 2.17. The molecule has 1 N–H and O–H groups in total. The fraction of sp³-hybridized carbons (Fsp3) is 0.136. The van der Waals surface area contributed by atoms with Crippen molar-refractivity contribution >= 4 is 39.9 Å². The van der Waals surface area contributed by atoms with E-state index in [1.807, 2.05) is 17.5 Å². The van der Waals surface area contributed by atoms with Crippen LogP contribution in [0, 0.1) is 0 Å². The van der Waals surface area contributed by atoms with Crippen LogP contribution in [0.2, 0.25) is 0 Å². The number of hydrogen-bond donors (Lipinski definition) is 1. The van der Waals surface area contributed by atoms with Crippen molar-refractivity contribution in [3.8, 4) is 0 Å². The first kappa shape index (κ1) is 21.2. The molecule has 32 heavy (non-hydrogen) atoms. The second kappa shape index (κ2) is 8.98. The van der Waals surface area contributed by atoms with E-state index in [0.717, 1.165) is 9.44 Å². The van der Waals surface area contributed by atoms with Crippen molar-refractivity contribution in [1.82, 2.24) is 14.1 Å². The summed E-state index contributed by atoms with van der Waals surface area (Å²) in [5, 5.41) is 4.55. The molecule has 0 aliphatic heterocycles. The fourth-order valence-electron chi connectivity index (χ4n) is 3.25. The van der Waals surface area contributed by atoms with Crippen LogP contribution in [0.25, 0.3) is 11.0 Å². The van der Waals surface area contributed by atoms with Crippen LogP contribution in [0.4, 0.5) is 5.69 Å². The Balaban J connectivity index is 1.66. The van der Waals surface area contributed by atoms with Gasteiger partial charge in [0.2, 0.25) is 5.91 Å². The molecule has 0 atom stereocenters. The number of nitrogens with one attached hydrogen (secondary N) is 1. The monoisotopic (exact) mass is 450 g/mol. The van der Waals surface area contributed by atoms with Gasteiger partial charge in [-0.05, 0) is 47.8 Å². The summed E-state index contributed by atoms with van der Waals surface area (Å²) in [6.07, 6.45) is 1.47. The van der Waals surface area contributed by atoms with Gasteiger partial charge in [-0.25, -0.2) is 14.6 Å². The van der Waals surface area contributed by atoms with Gasteiger partial charge in [0.15, 0.2) is 5.52 Å². The quantitative estimate of drug-likeness (QED) is 0.450. The maximum absolute atomic E-state index is 13.1. The summed E-state index contributed by atoms with van der Waals surface area (Å²) >= 11 is 1.43. The number of anilines is 1. The number of pyridine rings is 1. The average Bonchev–Trinajstić information content (AvgIpc) is 3.33. The number of amides is 1. The number of esters is 1. The molecule has 4 rings (SSSR count). The van der Waals surface area contributed by atoms with Gasteiger partial charge >= 0.3 is 11.7 Å². The molecule has 0 bridgehead atoms. The summed E-state index contributed by atoms with van der Waals surface area (Å²) in [4.78, 5) is 55.2. The molecular formula is C22H18N4O5S. The number of benzene rings is 1. The number of ether oxygens (including phenoxy) is 1. The average molecular weight is 450 g/mol. The van der Waals surface area contributed by atoms with Gasteiger partial charge in [0.25, 0.3) is 5.56 Å². The van der Waals surface area contributed by atoms with E-state index in [0.29, 0.717) is 11.3 Å². The Morgan fingerprint density at radius 1 is 1.06 bits per heavy atom. The molecule has 9 nitrogen and oxygen atoms in total. The second-order valence-corrected chi connectivity index (χ2v) is 7.86. The Hall–Kier alpha value is -4.05. The summed E-state index contributed by atoms with van der Waals surface area (Å²) in [5.41, 5.74) is 0.0821. The maximum atomic E-state index is 13.1. The van der Waals surface area contributed by atoms with Gasteiger partial charge in [-0.2, -0.15) is 0 Å². The van der Waals surface area contributed by atoms with Crippen LogP contribution in [0.5, 0.6) is 0 Å². The van der Waals surface area contributed by atoms with E-state index in [2.05, 4.69) is 15.0 Å². The van der Waals surface area contributed by atoms with E-state index in [1.54, 1.807) is 24.3 Å². The van der Waals surface area contributed by atoms with Gasteiger partial charge in [-0.1, -0.05) is 6.07 Å². The third-order valence-electron chi connectivity index (χ3n) is 4.77. The molecule has 1 aromatic carbocycles. The predicted octanol–water partition coefficient (Wildman–Crippen LogP) is 2.09. The SMILES string of the molecule is COC(=O)c1ccc(NC(=O)Cn2c(=O)n(Cc3cccs3)c(=O)c3ncccc32)cc1. The van der Waals surface area contributed by atoms with Gasteiger partial charge in [0, 0.05) is 16.8 Å². The molecule has 1 amide bonds. The van der Waals surface area contributed by atoms with Crippen molar-refractivity contribution in [3.63, 3.8) is 0 Å². The number of aromatic nitrogens is 3. The third-order valence-corrected chi connectivity index (χ3v) is 5.63. The molecule has 0 fully saturated rings. The first-order chi connectivity index (χ1) is 15.5. The highest BCUT2D eigenvalue weighted by Crippen LogP contribution is 2.12. The number of carbonyl (C=O) groups excluding carboxylic acids is 2. The van der Waals surface area contributed by atoms with Gasteiger partial charge in [0.05, 0.1) is 24.7 Å². The Bertz CT molecular complexity index is 1410. The lowest BCUT2D eigenvalue weighted by Crippen LogP contribution is -2.42. The Kier molecular flexibility index (Phi) is 5.95. The Morgan fingerprint density at radius 2 is 1.84 bits per heavy atom. The molecule has 162 valence electrons. The molecule has 0 aliphatic carbocycles. The van der Waals surface area contributed by atoms with Gasteiger partial charge in [-0.3, -0.25) is 18.7 Å². The number of fused-ring (bicyclic) bond motifs is 1. The normalized spacial score (nSPS) is 10.8. The van der Waals surface area contributed by atoms with E-state index >= 15 is 0 Å². The lowest BCUT2D eigenvalue weighted by Gasteiger charge is -2.13. The Labute approximate surface area is 185 Å². The number of carbonyl (C=O) groups is 2. The van der Waals surface area contributed by atoms with Crippen LogP contribution >= 0.6 is 11.3 Å². The Morgan fingerprint density at radius 3 is 2.53 bits per heavy atom. The number of rotatable bonds is 6. The molecule has 3 heterocycles. The van der Waals surface area contributed by atoms with Crippen molar-refractivity contribution in [2.45, 2.75) is 13.1 Å². The topological polar surface area (TPSA) is 112 Å². The zero-order valence-corrected chi connectivity index (χ0v) is 17.8. The van der Waals surface area contributed by atoms with Gasteiger partial charge in [0.1, 0.15) is 6.54 Å². The summed E-state index contributed by atoms with van der Waals surface area (Å²) < 4.78 is 6.97. The van der Waals surface area contributed by atoms with Crippen LogP contribution in [-0.2, 0) is 22.6 Å². The van der Waals surface area contributed by atoms with Gasteiger partial charge < -0.3 is 10.1 Å². The van der Waals surface area contributed by atoms with E-state index < -0.39 is 23.1 Å². The minimum absolute atomic E-state index is 0.0957. The smallest absolute Gasteiger partial charge is 0.337 e. The molecule has 0 spiro atoms. The number of thiophene rings is 1. The summed E-state index contributed by atoms with van der Waals surface area (Å²) in [7, 11) is 1.28. The van der Waals surface area contributed by atoms with E-state index in [4.69, 9.17) is 0 Å². The lowest BCUT2D eigenvalue weighted by molar-refractivity contribution is -0.116. The van der Waals surface area contributed by atoms with Crippen molar-refractivity contribution in [2.24, 2.45) is 0 Å². The minimum atomic E-state index is -0.597. The number of methoxy groups -OCH3 is 1. The molecule has 0 unspecified atom stereocenters. The number of nitrogens with zero attached hydrogens (tertiary/aromatic N) is 3. The molecule has 0 saturated carbocycles. The zero-order chi connectivity index (χ0) is 22.7. The largest absolute Gasteiger partial charge is 0.465 e. The van der Waals surface area contributed by atoms with Crippen molar-refractivity contribution in [2.75, 3.05) is 12.4 Å². The first-order valence-corrected chi connectivity index (χ1v) is 10.4. The third kappa shape index (κ3) is 4.21. The van der Waals surface area contributed by atoms with Gasteiger partial charge in [-0.15, -0.1) is 11.3 Å². The predicted molar refractivity (Wildman–Crippen MR) is 120 cm³/mol. The molecular weight excluding hydrogens is 432 g/mol.